The molecule has 0 aromatic heterocycles. The Bertz CT molecular complexity index is 1740. The van der Waals surface area contributed by atoms with Crippen molar-refractivity contribution in [1.29, 1.82) is 0 Å². The van der Waals surface area contributed by atoms with Crippen LogP contribution in [0.4, 0.5) is 0 Å². The summed E-state index contributed by atoms with van der Waals surface area (Å²) in [4.78, 5) is 0. The zero-order valence-corrected chi connectivity index (χ0v) is 45.0. The molecule has 0 nitrogen and oxygen atoms in total. The van der Waals surface area contributed by atoms with E-state index in [0.29, 0.717) is 23.7 Å². The summed E-state index contributed by atoms with van der Waals surface area (Å²) in [6.45, 7) is 22.4. The molecular formula is C56H72Cl2Zr2-2. The van der Waals surface area contributed by atoms with E-state index in [-0.39, 0.29) is 24.8 Å². The van der Waals surface area contributed by atoms with Gasteiger partial charge in [0, 0.05) is 0 Å². The summed E-state index contributed by atoms with van der Waals surface area (Å²) in [5, 5.41) is 0. The number of benzene rings is 2. The second kappa shape index (κ2) is 31.1. The topological polar surface area (TPSA) is 0 Å². The summed E-state index contributed by atoms with van der Waals surface area (Å²) in [5.41, 5.74) is 15.3. The molecule has 0 aliphatic heterocycles. The Labute approximate surface area is 410 Å². The molecule has 4 aromatic carbocycles. The number of rotatable bonds is 6. The first-order valence-electron chi connectivity index (χ1n) is 22.1. The van der Waals surface area contributed by atoms with Gasteiger partial charge in [-0.25, -0.2) is 24.3 Å². The second-order valence-corrected chi connectivity index (χ2v) is 20.9. The van der Waals surface area contributed by atoms with E-state index >= 15 is 0 Å². The maximum absolute atomic E-state index is 3.29. The third-order valence-corrected chi connectivity index (χ3v) is 12.6. The summed E-state index contributed by atoms with van der Waals surface area (Å²) >= 11 is 3.01. The van der Waals surface area contributed by atoms with E-state index in [4.69, 9.17) is 0 Å². The van der Waals surface area contributed by atoms with Crippen LogP contribution in [0.5, 0.6) is 0 Å². The zero-order valence-electron chi connectivity index (χ0n) is 38.5. The SMILES string of the molecule is CC(C)C1=C(C(C)C)C[C-]=C1.CC(C)C1=C(C(C)C)C[C-]=C1.C[C](=[Zr+2])c1ccccc1.C[C](=[Zr+2])c1ccccc1.[Cl-].[Cl-].c1cc2c([cH-]1)CCCC2.c1cc2c([cH-]1)CCCC2. The Morgan fingerprint density at radius 2 is 0.817 bits per heavy atom. The molecule has 0 N–H and O–H groups in total. The molecule has 4 aromatic rings. The van der Waals surface area contributed by atoms with Crippen LogP contribution in [0.2, 0.25) is 0 Å². The average molecular weight is 999 g/mol. The van der Waals surface area contributed by atoms with Gasteiger partial charge in [0.05, 0.1) is 0 Å². The molecule has 0 amide bonds. The van der Waals surface area contributed by atoms with Crippen LogP contribution in [0, 0.1) is 35.8 Å². The number of allylic oxidation sites excluding steroid dienone is 8. The standard InChI is InChI=1S/2C11H17.2C9H11.2C8H8.2ClH.2Zr/c2*1-8(2)10-6-5-7-11(10)9(3)4;2*1-2-5-9-7-3-6-8(9)4-1;2*1-2-8-6-4-3-5-7-8;;;;/h2*6,8-9H,7H2,1-4H3;2*3,6-7H,1-2,4-5H2;2*3-7H,1H3;2*1H;;/q4*-1;;;;;2*+2/p-2. The van der Waals surface area contributed by atoms with Gasteiger partial charge in [-0.05, 0) is 11.8 Å². The maximum atomic E-state index is 3.29. The van der Waals surface area contributed by atoms with Gasteiger partial charge in [-0.2, -0.15) is 68.8 Å². The summed E-state index contributed by atoms with van der Waals surface area (Å²) in [6, 6.07) is 34.3. The normalized spacial score (nSPS) is 14.4. The maximum Gasteiger partial charge on any atom is -0.0512 e. The van der Waals surface area contributed by atoms with E-state index in [1.165, 1.54) is 129 Å². The minimum absolute atomic E-state index is 0. The van der Waals surface area contributed by atoms with Crippen molar-refractivity contribution in [2.24, 2.45) is 23.7 Å². The third-order valence-electron chi connectivity index (χ3n) is 11.2. The third kappa shape index (κ3) is 20.1. The predicted octanol–water partition coefficient (Wildman–Crippen LogP) is 8.84. The van der Waals surface area contributed by atoms with E-state index < -0.39 is 0 Å². The predicted molar refractivity (Wildman–Crippen MR) is 248 cm³/mol. The molecule has 0 radical (unpaired) electrons. The van der Waals surface area contributed by atoms with Crippen LogP contribution in [0.1, 0.15) is 141 Å². The number of halogens is 2. The van der Waals surface area contributed by atoms with E-state index in [1.807, 2.05) is 12.1 Å². The monoisotopic (exact) mass is 994 g/mol. The van der Waals surface area contributed by atoms with Gasteiger partial charge in [-0.1, -0.05) is 119 Å². The second-order valence-electron chi connectivity index (χ2n) is 17.2. The molecule has 4 aliphatic rings. The van der Waals surface area contributed by atoms with E-state index in [2.05, 4.69) is 178 Å². The van der Waals surface area contributed by atoms with Crippen molar-refractivity contribution in [3.8, 4) is 0 Å². The fourth-order valence-electron chi connectivity index (χ4n) is 7.68. The molecule has 8 rings (SSSR count). The minimum Gasteiger partial charge on any atom is -1.00 e. The number of hydrogen-bond acceptors (Lipinski definition) is 0. The van der Waals surface area contributed by atoms with Gasteiger partial charge < -0.3 is 24.8 Å². The fourth-order valence-corrected chi connectivity index (χ4v) is 8.50. The molecule has 0 fully saturated rings. The summed E-state index contributed by atoms with van der Waals surface area (Å²) in [5.74, 6) is 2.72. The van der Waals surface area contributed by atoms with Gasteiger partial charge >= 0.3 is 141 Å². The van der Waals surface area contributed by atoms with Gasteiger partial charge in [-0.15, -0.1) is 12.8 Å². The molecule has 60 heavy (non-hydrogen) atoms. The largest absolute Gasteiger partial charge is 1.00 e. The van der Waals surface area contributed by atoms with Gasteiger partial charge in [-0.3, -0.25) is 12.2 Å². The van der Waals surface area contributed by atoms with Crippen LogP contribution in [-0.4, -0.2) is 6.41 Å². The van der Waals surface area contributed by atoms with Gasteiger partial charge in [0.25, 0.3) is 0 Å². The number of aryl methyl sites for hydroxylation is 4. The molecule has 0 bridgehead atoms. The molecule has 0 saturated carbocycles. The van der Waals surface area contributed by atoms with Crippen LogP contribution in [0.15, 0.2) is 132 Å². The van der Waals surface area contributed by atoms with E-state index in [9.17, 15) is 0 Å². The summed E-state index contributed by atoms with van der Waals surface area (Å²) in [7, 11) is 0. The molecule has 0 unspecified atom stereocenters. The molecule has 4 aliphatic carbocycles. The van der Waals surface area contributed by atoms with Crippen LogP contribution < -0.4 is 24.8 Å². The van der Waals surface area contributed by atoms with Crippen LogP contribution in [0.3, 0.4) is 0 Å². The Morgan fingerprint density at radius 3 is 1.07 bits per heavy atom. The van der Waals surface area contributed by atoms with Crippen LogP contribution in [0.25, 0.3) is 0 Å². The molecular weight excluding hydrogens is 926 g/mol. The Kier molecular flexibility index (Phi) is 29.1. The summed E-state index contributed by atoms with van der Waals surface area (Å²) < 4.78 is 2.92. The minimum atomic E-state index is 0. The molecule has 0 atom stereocenters. The van der Waals surface area contributed by atoms with Gasteiger partial charge in [0.15, 0.2) is 0 Å². The van der Waals surface area contributed by atoms with E-state index in [0.717, 1.165) is 12.8 Å². The zero-order chi connectivity index (χ0) is 42.5. The first-order chi connectivity index (χ1) is 27.8. The van der Waals surface area contributed by atoms with Crippen molar-refractivity contribution in [1.82, 2.24) is 0 Å². The molecule has 0 saturated heterocycles. The fraction of sp³-hybridized carbons (Fsp3) is 0.429. The Hall–Kier alpha value is -1.81. The first kappa shape index (κ1) is 56.2. The molecule has 0 spiro atoms. The smallest absolute Gasteiger partial charge is 0.0512 e. The van der Waals surface area contributed by atoms with Crippen molar-refractivity contribution in [3.05, 3.63) is 177 Å². The van der Waals surface area contributed by atoms with Crippen molar-refractivity contribution >= 4 is 6.41 Å². The quantitative estimate of drug-likeness (QED) is 0.170. The summed E-state index contributed by atoms with van der Waals surface area (Å²) in [6.07, 6.45) is 23.9. The van der Waals surface area contributed by atoms with Crippen molar-refractivity contribution < 1.29 is 73.3 Å². The van der Waals surface area contributed by atoms with Crippen molar-refractivity contribution in [2.45, 2.75) is 133 Å². The van der Waals surface area contributed by atoms with Crippen molar-refractivity contribution in [2.75, 3.05) is 0 Å². The van der Waals surface area contributed by atoms with Crippen LogP contribution in [-0.2, 0) is 74.2 Å². The van der Waals surface area contributed by atoms with Gasteiger partial charge in [0.2, 0.25) is 0 Å². The Morgan fingerprint density at radius 1 is 0.483 bits per heavy atom. The molecule has 320 valence electrons. The van der Waals surface area contributed by atoms with Crippen LogP contribution >= 0.6 is 0 Å². The average Bonchev–Trinajstić information content (AvgIpc) is 4.07. The van der Waals surface area contributed by atoms with Gasteiger partial charge in [0.1, 0.15) is 0 Å². The van der Waals surface area contributed by atoms with E-state index in [1.54, 1.807) is 33.4 Å². The Balaban J connectivity index is 0.000000358. The first-order valence-corrected chi connectivity index (χ1v) is 24.5. The molecule has 0 heterocycles. The molecule has 4 heteroatoms. The van der Waals surface area contributed by atoms with Crippen molar-refractivity contribution in [3.63, 3.8) is 0 Å². The number of fused-ring (bicyclic) bond motifs is 2. The number of hydrogen-bond donors (Lipinski definition) is 0.